The molecule has 2 nitrogen and oxygen atoms in total. The van der Waals surface area contributed by atoms with E-state index in [0.29, 0.717) is 0 Å². The highest BCUT2D eigenvalue weighted by molar-refractivity contribution is 7.10. The van der Waals surface area contributed by atoms with Crippen molar-refractivity contribution in [1.29, 1.82) is 0 Å². The van der Waals surface area contributed by atoms with Gasteiger partial charge < -0.3 is 10.4 Å². The minimum absolute atomic E-state index is 0.0841. The monoisotopic (exact) mass is 253 g/mol. The summed E-state index contributed by atoms with van der Waals surface area (Å²) in [6.07, 6.45) is 0. The fourth-order valence-corrected chi connectivity index (χ4v) is 2.38. The molecule has 2 N–H and O–H groups in total. The fourth-order valence-electron chi connectivity index (χ4n) is 1.36. The van der Waals surface area contributed by atoms with Crippen molar-refractivity contribution in [3.05, 3.63) is 51.2 Å². The fraction of sp³-hybridized carbons (Fsp3) is 0.167. The van der Waals surface area contributed by atoms with E-state index in [1.807, 2.05) is 35.7 Å². The maximum absolute atomic E-state index is 8.91. The number of aliphatic hydroxyl groups is 1. The number of rotatable bonds is 4. The third kappa shape index (κ3) is 2.98. The van der Waals surface area contributed by atoms with Crippen molar-refractivity contribution < 1.29 is 5.11 Å². The third-order valence-corrected chi connectivity index (χ3v) is 3.51. The van der Waals surface area contributed by atoms with Gasteiger partial charge in [0.15, 0.2) is 0 Å². The van der Waals surface area contributed by atoms with Gasteiger partial charge in [0.2, 0.25) is 0 Å². The number of hydrogen-bond acceptors (Lipinski definition) is 3. The van der Waals surface area contributed by atoms with E-state index in [-0.39, 0.29) is 6.61 Å². The molecule has 84 valence electrons. The standard InChI is InChI=1S/C12H12ClNOS/c13-10-5-12(16-8-10)6-14-11-3-1-9(7-15)2-4-11/h1-5,8,14-15H,6-7H2. The zero-order chi connectivity index (χ0) is 11.4. The molecule has 1 heterocycles. The molecule has 0 fully saturated rings. The molecule has 0 unspecified atom stereocenters. The molecule has 2 aromatic rings. The first-order valence-corrected chi connectivity index (χ1v) is 6.20. The van der Waals surface area contributed by atoms with Gasteiger partial charge in [-0.25, -0.2) is 0 Å². The van der Waals surface area contributed by atoms with Gasteiger partial charge in [0.1, 0.15) is 0 Å². The minimum atomic E-state index is 0.0841. The van der Waals surface area contributed by atoms with E-state index in [0.717, 1.165) is 22.8 Å². The summed E-state index contributed by atoms with van der Waals surface area (Å²) in [7, 11) is 0. The quantitative estimate of drug-likeness (QED) is 0.874. The average Bonchev–Trinajstić information content (AvgIpc) is 2.73. The molecule has 0 bridgehead atoms. The predicted octanol–water partition coefficient (Wildman–Crippen LogP) is 3.51. The Labute approximate surface area is 104 Å². The summed E-state index contributed by atoms with van der Waals surface area (Å²) in [4.78, 5) is 1.20. The normalized spacial score (nSPS) is 10.4. The van der Waals surface area contributed by atoms with E-state index in [2.05, 4.69) is 5.32 Å². The Hall–Kier alpha value is -1.03. The highest BCUT2D eigenvalue weighted by Gasteiger charge is 1.98. The molecule has 0 atom stereocenters. The number of nitrogens with one attached hydrogen (secondary N) is 1. The van der Waals surface area contributed by atoms with Gasteiger partial charge in [-0.15, -0.1) is 11.3 Å². The molecule has 0 aliphatic carbocycles. The smallest absolute Gasteiger partial charge is 0.0681 e. The Kier molecular flexibility index (Phi) is 3.83. The summed E-state index contributed by atoms with van der Waals surface area (Å²) in [6.45, 7) is 0.858. The van der Waals surface area contributed by atoms with Gasteiger partial charge in [0.05, 0.1) is 11.6 Å². The lowest BCUT2D eigenvalue weighted by Gasteiger charge is -2.05. The van der Waals surface area contributed by atoms with Crippen LogP contribution < -0.4 is 5.32 Å². The van der Waals surface area contributed by atoms with E-state index in [4.69, 9.17) is 16.7 Å². The molecule has 0 amide bonds. The zero-order valence-electron chi connectivity index (χ0n) is 8.61. The predicted molar refractivity (Wildman–Crippen MR) is 69.0 cm³/mol. The summed E-state index contributed by atoms with van der Waals surface area (Å²) >= 11 is 7.48. The minimum Gasteiger partial charge on any atom is -0.392 e. The van der Waals surface area contributed by atoms with Crippen LogP contribution in [0.4, 0.5) is 5.69 Å². The van der Waals surface area contributed by atoms with Crippen LogP contribution in [-0.4, -0.2) is 5.11 Å². The van der Waals surface area contributed by atoms with Crippen molar-refractivity contribution in [3.63, 3.8) is 0 Å². The second-order valence-corrected chi connectivity index (χ2v) is 4.87. The molecule has 4 heteroatoms. The number of benzene rings is 1. The molecule has 1 aromatic heterocycles. The SMILES string of the molecule is OCc1ccc(NCc2cc(Cl)cs2)cc1. The van der Waals surface area contributed by atoms with Crippen molar-refractivity contribution >= 4 is 28.6 Å². The van der Waals surface area contributed by atoms with Crippen molar-refractivity contribution in [3.8, 4) is 0 Å². The van der Waals surface area contributed by atoms with Gasteiger partial charge in [0, 0.05) is 22.5 Å². The summed E-state index contributed by atoms with van der Waals surface area (Å²) in [5.41, 5.74) is 1.96. The van der Waals surface area contributed by atoms with Crippen LogP contribution in [0.15, 0.2) is 35.7 Å². The first kappa shape index (κ1) is 11.5. The van der Waals surface area contributed by atoms with Crippen molar-refractivity contribution in [2.24, 2.45) is 0 Å². The molecule has 1 aromatic carbocycles. The maximum Gasteiger partial charge on any atom is 0.0681 e. The highest BCUT2D eigenvalue weighted by atomic mass is 35.5. The van der Waals surface area contributed by atoms with Gasteiger partial charge in [-0.05, 0) is 23.8 Å². The number of anilines is 1. The van der Waals surface area contributed by atoms with Crippen molar-refractivity contribution in [2.45, 2.75) is 13.2 Å². The van der Waals surface area contributed by atoms with Gasteiger partial charge in [-0.3, -0.25) is 0 Å². The number of aliphatic hydroxyl groups excluding tert-OH is 1. The van der Waals surface area contributed by atoms with E-state index >= 15 is 0 Å². The van der Waals surface area contributed by atoms with Crippen LogP contribution >= 0.6 is 22.9 Å². The first-order valence-electron chi connectivity index (χ1n) is 4.94. The second kappa shape index (κ2) is 5.34. The van der Waals surface area contributed by atoms with Crippen molar-refractivity contribution in [2.75, 3.05) is 5.32 Å². The second-order valence-electron chi connectivity index (χ2n) is 3.44. The van der Waals surface area contributed by atoms with Crippen LogP contribution in [-0.2, 0) is 13.2 Å². The molecule has 0 spiro atoms. The molecule has 0 saturated carbocycles. The van der Waals surface area contributed by atoms with Crippen LogP contribution in [0.5, 0.6) is 0 Å². The number of hydrogen-bond donors (Lipinski definition) is 2. The molecule has 0 saturated heterocycles. The van der Waals surface area contributed by atoms with Crippen LogP contribution in [0, 0.1) is 0 Å². The lowest BCUT2D eigenvalue weighted by molar-refractivity contribution is 0.282. The third-order valence-electron chi connectivity index (χ3n) is 2.23. The molecule has 0 aliphatic rings. The zero-order valence-corrected chi connectivity index (χ0v) is 10.2. The topological polar surface area (TPSA) is 32.3 Å². The molecular weight excluding hydrogens is 242 g/mol. The number of halogens is 1. The Morgan fingerprint density at radius 1 is 1.25 bits per heavy atom. The lowest BCUT2D eigenvalue weighted by Crippen LogP contribution is -1.97. The van der Waals surface area contributed by atoms with Crippen LogP contribution in [0.25, 0.3) is 0 Å². The summed E-state index contributed by atoms with van der Waals surface area (Å²) in [5.74, 6) is 0. The molecule has 0 aliphatic heterocycles. The number of thiophene rings is 1. The summed E-state index contributed by atoms with van der Waals surface area (Å²) < 4.78 is 0. The molecule has 0 radical (unpaired) electrons. The van der Waals surface area contributed by atoms with E-state index in [1.54, 1.807) is 11.3 Å². The Morgan fingerprint density at radius 3 is 2.56 bits per heavy atom. The summed E-state index contributed by atoms with van der Waals surface area (Å²) in [6, 6.07) is 9.69. The first-order chi connectivity index (χ1) is 7.78. The van der Waals surface area contributed by atoms with E-state index < -0.39 is 0 Å². The average molecular weight is 254 g/mol. The van der Waals surface area contributed by atoms with Crippen LogP contribution in [0.1, 0.15) is 10.4 Å². The van der Waals surface area contributed by atoms with Gasteiger partial charge in [0.25, 0.3) is 0 Å². The largest absolute Gasteiger partial charge is 0.392 e. The Balaban J connectivity index is 1.94. The highest BCUT2D eigenvalue weighted by Crippen LogP contribution is 2.20. The Bertz CT molecular complexity index is 452. The van der Waals surface area contributed by atoms with E-state index in [1.165, 1.54) is 4.88 Å². The summed E-state index contributed by atoms with van der Waals surface area (Å²) in [5, 5.41) is 14.9. The van der Waals surface area contributed by atoms with Crippen LogP contribution in [0.3, 0.4) is 0 Å². The maximum atomic E-state index is 8.91. The van der Waals surface area contributed by atoms with Gasteiger partial charge in [-0.1, -0.05) is 23.7 Å². The van der Waals surface area contributed by atoms with E-state index in [9.17, 15) is 0 Å². The van der Waals surface area contributed by atoms with Gasteiger partial charge >= 0.3 is 0 Å². The molecular formula is C12H12ClNOS. The molecule has 2 rings (SSSR count). The van der Waals surface area contributed by atoms with Gasteiger partial charge in [-0.2, -0.15) is 0 Å². The Morgan fingerprint density at radius 2 is 2.00 bits per heavy atom. The molecule has 16 heavy (non-hydrogen) atoms. The van der Waals surface area contributed by atoms with Crippen molar-refractivity contribution in [1.82, 2.24) is 0 Å². The lowest BCUT2D eigenvalue weighted by atomic mass is 10.2. The van der Waals surface area contributed by atoms with Crippen LogP contribution in [0.2, 0.25) is 5.02 Å².